The fourth-order valence-electron chi connectivity index (χ4n) is 4.16. The number of carbonyl (C=O) groups excluding carboxylic acids is 1. The molecule has 4 rings (SSSR count). The minimum atomic E-state index is -0.800. The van der Waals surface area contributed by atoms with Crippen molar-refractivity contribution < 1.29 is 19.4 Å². The molecule has 3 aromatic rings. The van der Waals surface area contributed by atoms with Gasteiger partial charge in [0, 0.05) is 17.4 Å². The Morgan fingerprint density at radius 2 is 1.68 bits per heavy atom. The number of hydrogen-bond donors (Lipinski definition) is 3. The summed E-state index contributed by atoms with van der Waals surface area (Å²) in [6.45, 7) is 6.32. The van der Waals surface area contributed by atoms with Gasteiger partial charge in [0.15, 0.2) is 0 Å². The first-order chi connectivity index (χ1) is 16.2. The summed E-state index contributed by atoms with van der Waals surface area (Å²) in [6.07, 6.45) is 3.79. The molecule has 1 aliphatic rings. The molecule has 1 fully saturated rings. The maximum Gasteiger partial charge on any atom is 0.323 e. The minimum Gasteiger partial charge on any atom is -0.481 e. The van der Waals surface area contributed by atoms with Gasteiger partial charge in [-0.1, -0.05) is 57.5 Å². The lowest BCUT2D eigenvalue weighted by atomic mass is 9.64. The molecule has 176 valence electrons. The van der Waals surface area contributed by atoms with Gasteiger partial charge in [-0.2, -0.15) is 0 Å². The molecular weight excluding hydrogens is 430 g/mol. The number of carboxylic acid groups (broad SMARTS) is 1. The van der Waals surface area contributed by atoms with Gasteiger partial charge in [-0.05, 0) is 54.2 Å². The number of nitrogens with zero attached hydrogens (tertiary/aromatic N) is 1. The van der Waals surface area contributed by atoms with Gasteiger partial charge in [-0.3, -0.25) is 4.79 Å². The monoisotopic (exact) mass is 459 g/mol. The summed E-state index contributed by atoms with van der Waals surface area (Å²) in [5.41, 5.74) is 1.86. The molecular formula is C27H29N3O4. The average Bonchev–Trinajstić information content (AvgIpc) is 2.75. The van der Waals surface area contributed by atoms with E-state index in [1.807, 2.05) is 24.3 Å². The Morgan fingerprint density at radius 3 is 2.29 bits per heavy atom. The molecule has 1 aliphatic carbocycles. The fraction of sp³-hybridized carbons (Fsp3) is 0.296. The number of rotatable bonds is 6. The van der Waals surface area contributed by atoms with E-state index < -0.39 is 17.4 Å². The molecule has 7 heteroatoms. The number of nitrogens with one attached hydrogen (secondary N) is 2. The number of aliphatic carboxylic acids is 1. The number of ether oxygens (including phenoxy) is 1. The van der Waals surface area contributed by atoms with Crippen LogP contribution < -0.4 is 15.4 Å². The molecule has 0 saturated heterocycles. The van der Waals surface area contributed by atoms with Gasteiger partial charge in [0.25, 0.3) is 0 Å². The molecule has 0 radical (unpaired) electrons. The second-order valence-corrected chi connectivity index (χ2v) is 9.60. The Morgan fingerprint density at radius 1 is 0.971 bits per heavy atom. The molecule has 1 heterocycles. The molecule has 0 bridgehead atoms. The number of pyridine rings is 1. The van der Waals surface area contributed by atoms with Crippen LogP contribution in [0.25, 0.3) is 0 Å². The summed E-state index contributed by atoms with van der Waals surface area (Å²) in [6, 6.07) is 17.7. The molecule has 0 aliphatic heterocycles. The first-order valence-electron chi connectivity index (χ1n) is 11.3. The van der Waals surface area contributed by atoms with Crippen molar-refractivity contribution in [1.82, 2.24) is 4.98 Å². The normalized spacial score (nSPS) is 14.6. The topological polar surface area (TPSA) is 101 Å². The number of para-hydroxylation sites is 1. The van der Waals surface area contributed by atoms with Crippen molar-refractivity contribution in [2.75, 3.05) is 10.6 Å². The Kier molecular flexibility index (Phi) is 6.28. The Balaban J connectivity index is 1.47. The van der Waals surface area contributed by atoms with Crippen LogP contribution in [0.5, 0.6) is 11.6 Å². The van der Waals surface area contributed by atoms with Crippen LogP contribution in [-0.2, 0) is 15.6 Å². The molecule has 2 amide bonds. The van der Waals surface area contributed by atoms with Crippen LogP contribution in [0.2, 0.25) is 0 Å². The second-order valence-electron chi connectivity index (χ2n) is 9.60. The van der Waals surface area contributed by atoms with E-state index in [0.29, 0.717) is 30.0 Å². The maximum atomic E-state index is 12.7. The molecule has 0 atom stereocenters. The first kappa shape index (κ1) is 23.3. The van der Waals surface area contributed by atoms with E-state index >= 15 is 0 Å². The lowest BCUT2D eigenvalue weighted by molar-refractivity contribution is -0.147. The Hall–Kier alpha value is -3.87. The predicted octanol–water partition coefficient (Wildman–Crippen LogP) is 6.32. The zero-order valence-corrected chi connectivity index (χ0v) is 19.6. The summed E-state index contributed by atoms with van der Waals surface area (Å²) in [5.74, 6) is 0.170. The summed E-state index contributed by atoms with van der Waals surface area (Å²) in [4.78, 5) is 28.7. The second kappa shape index (κ2) is 9.17. The van der Waals surface area contributed by atoms with E-state index in [1.54, 1.807) is 42.6 Å². The molecule has 3 N–H and O–H groups in total. The van der Waals surface area contributed by atoms with Gasteiger partial charge in [0.1, 0.15) is 11.4 Å². The lowest BCUT2D eigenvalue weighted by Crippen LogP contribution is -2.42. The van der Waals surface area contributed by atoms with Gasteiger partial charge in [-0.15, -0.1) is 0 Å². The minimum absolute atomic E-state index is 0.124. The maximum absolute atomic E-state index is 12.7. The third-order valence-corrected chi connectivity index (χ3v) is 6.23. The Labute approximate surface area is 199 Å². The molecule has 0 unspecified atom stereocenters. The summed E-state index contributed by atoms with van der Waals surface area (Å²) >= 11 is 0. The zero-order valence-electron chi connectivity index (χ0n) is 19.6. The number of aromatic nitrogens is 1. The summed E-state index contributed by atoms with van der Waals surface area (Å²) < 4.78 is 6.10. The average molecular weight is 460 g/mol. The van der Waals surface area contributed by atoms with E-state index in [1.165, 1.54) is 0 Å². The highest BCUT2D eigenvalue weighted by atomic mass is 16.5. The van der Waals surface area contributed by atoms with E-state index in [4.69, 9.17) is 4.74 Å². The van der Waals surface area contributed by atoms with Gasteiger partial charge in [0.2, 0.25) is 5.88 Å². The zero-order chi connectivity index (χ0) is 24.3. The van der Waals surface area contributed by atoms with Crippen molar-refractivity contribution in [3.8, 4) is 11.6 Å². The molecule has 0 spiro atoms. The predicted molar refractivity (Wildman–Crippen MR) is 132 cm³/mol. The highest BCUT2D eigenvalue weighted by Gasteiger charge is 2.45. The van der Waals surface area contributed by atoms with E-state index in [9.17, 15) is 14.7 Å². The van der Waals surface area contributed by atoms with Crippen molar-refractivity contribution >= 4 is 23.4 Å². The molecule has 34 heavy (non-hydrogen) atoms. The summed E-state index contributed by atoms with van der Waals surface area (Å²) in [7, 11) is 0. The molecule has 1 saturated carbocycles. The van der Waals surface area contributed by atoms with Crippen LogP contribution >= 0.6 is 0 Å². The molecule has 7 nitrogen and oxygen atoms in total. The standard InChI is InChI=1S/C27H29N3O4/c1-26(2,3)20-8-4-5-10-22(20)34-23-21(9-6-17-28-23)30-25(33)29-19-13-11-18(12-14-19)27(24(31)32)15-7-16-27/h4-6,8-14,17H,7,15-16H2,1-3H3,(H,31,32)(H2,29,30,33). The van der Waals surface area contributed by atoms with Crippen molar-refractivity contribution in [3.05, 3.63) is 78.0 Å². The van der Waals surface area contributed by atoms with Gasteiger partial charge in [-0.25, -0.2) is 9.78 Å². The van der Waals surface area contributed by atoms with Crippen molar-refractivity contribution in [3.63, 3.8) is 0 Å². The number of amides is 2. The smallest absolute Gasteiger partial charge is 0.323 e. The van der Waals surface area contributed by atoms with E-state index in [2.05, 4.69) is 36.4 Å². The molecule has 1 aromatic heterocycles. The van der Waals surface area contributed by atoms with Gasteiger partial charge >= 0.3 is 12.0 Å². The SMILES string of the molecule is CC(C)(C)c1ccccc1Oc1ncccc1NC(=O)Nc1ccc(C2(C(=O)O)CCC2)cc1. The third-order valence-electron chi connectivity index (χ3n) is 6.23. The van der Waals surface area contributed by atoms with Crippen LogP contribution in [0.1, 0.15) is 51.2 Å². The summed E-state index contributed by atoms with van der Waals surface area (Å²) in [5, 5.41) is 15.2. The number of anilines is 2. The van der Waals surface area contributed by atoms with Gasteiger partial charge < -0.3 is 20.5 Å². The number of carbonyl (C=O) groups is 2. The fourth-order valence-corrected chi connectivity index (χ4v) is 4.16. The van der Waals surface area contributed by atoms with Crippen LogP contribution in [-0.4, -0.2) is 22.1 Å². The third kappa shape index (κ3) is 4.73. The van der Waals surface area contributed by atoms with E-state index in [0.717, 1.165) is 17.5 Å². The van der Waals surface area contributed by atoms with Crippen molar-refractivity contribution in [2.45, 2.75) is 50.9 Å². The number of benzene rings is 2. The van der Waals surface area contributed by atoms with Crippen LogP contribution in [0.3, 0.4) is 0 Å². The van der Waals surface area contributed by atoms with Gasteiger partial charge in [0.05, 0.1) is 5.41 Å². The quantitative estimate of drug-likeness (QED) is 0.400. The van der Waals surface area contributed by atoms with E-state index in [-0.39, 0.29) is 11.3 Å². The first-order valence-corrected chi connectivity index (χ1v) is 11.3. The van der Waals surface area contributed by atoms with Crippen molar-refractivity contribution in [1.29, 1.82) is 0 Å². The van der Waals surface area contributed by atoms with Crippen LogP contribution in [0.4, 0.5) is 16.2 Å². The van der Waals surface area contributed by atoms with Crippen LogP contribution in [0.15, 0.2) is 66.9 Å². The highest BCUT2D eigenvalue weighted by Crippen LogP contribution is 2.44. The number of carboxylic acids is 1. The lowest BCUT2D eigenvalue weighted by Gasteiger charge is -2.38. The van der Waals surface area contributed by atoms with Crippen LogP contribution in [0, 0.1) is 0 Å². The number of hydrogen-bond acceptors (Lipinski definition) is 4. The largest absolute Gasteiger partial charge is 0.481 e. The highest BCUT2D eigenvalue weighted by molar-refractivity contribution is 6.00. The Bertz CT molecular complexity index is 1190. The molecule has 2 aromatic carbocycles. The number of urea groups is 1. The van der Waals surface area contributed by atoms with Crippen molar-refractivity contribution in [2.24, 2.45) is 0 Å².